The van der Waals surface area contributed by atoms with Crippen molar-refractivity contribution in [2.24, 2.45) is 0 Å². The second-order valence-electron chi connectivity index (χ2n) is 7.02. The molecule has 1 aliphatic heterocycles. The molecule has 1 heterocycles. The van der Waals surface area contributed by atoms with Crippen LogP contribution < -0.4 is 10.1 Å². The Kier molecular flexibility index (Phi) is 7.71. The molecule has 1 saturated heterocycles. The quantitative estimate of drug-likeness (QED) is 0.666. The number of benzene rings is 2. The van der Waals surface area contributed by atoms with Crippen molar-refractivity contribution >= 4 is 27.5 Å². The van der Waals surface area contributed by atoms with Gasteiger partial charge < -0.3 is 15.0 Å². The Morgan fingerprint density at radius 2 is 1.87 bits per heavy atom. The number of hydrogen-bond acceptors (Lipinski definition) is 5. The van der Waals surface area contributed by atoms with Crippen molar-refractivity contribution in [3.8, 4) is 5.75 Å². The van der Waals surface area contributed by atoms with E-state index in [1.807, 2.05) is 6.07 Å². The van der Waals surface area contributed by atoms with Crippen LogP contribution in [0, 0.1) is 0 Å². The minimum Gasteiger partial charge on any atom is -0.497 e. The van der Waals surface area contributed by atoms with E-state index in [1.54, 1.807) is 35.2 Å². The standard InChI is InChI=1S/C21H26ClN3O4S/c1-29-19-5-7-20(8-6-19)30(27,28)25(16-17-3-2-4-18(22)15-17)12-9-21(26)24-13-10-23-11-14-24/h2-8,15,23H,9-14,16H2,1H3. The van der Waals surface area contributed by atoms with Crippen molar-refractivity contribution in [1.29, 1.82) is 0 Å². The Morgan fingerprint density at radius 1 is 1.17 bits per heavy atom. The maximum absolute atomic E-state index is 13.3. The first-order valence-electron chi connectivity index (χ1n) is 9.77. The van der Waals surface area contributed by atoms with Gasteiger partial charge in [-0.1, -0.05) is 23.7 Å². The Labute approximate surface area is 182 Å². The zero-order chi connectivity index (χ0) is 21.6. The van der Waals surface area contributed by atoms with Crippen LogP contribution in [0.5, 0.6) is 5.75 Å². The van der Waals surface area contributed by atoms with Gasteiger partial charge >= 0.3 is 0 Å². The molecule has 0 aliphatic carbocycles. The normalized spacial score (nSPS) is 14.7. The van der Waals surface area contributed by atoms with Gasteiger partial charge in [0.05, 0.1) is 12.0 Å². The monoisotopic (exact) mass is 451 g/mol. The van der Waals surface area contributed by atoms with E-state index >= 15 is 0 Å². The number of piperazine rings is 1. The number of nitrogens with one attached hydrogen (secondary N) is 1. The number of ether oxygens (including phenoxy) is 1. The van der Waals surface area contributed by atoms with Crippen LogP contribution in [-0.4, -0.2) is 63.4 Å². The molecule has 0 bridgehead atoms. The highest BCUT2D eigenvalue weighted by atomic mass is 35.5. The fraction of sp³-hybridized carbons (Fsp3) is 0.381. The third kappa shape index (κ3) is 5.72. The SMILES string of the molecule is COc1ccc(S(=O)(=O)N(CCC(=O)N2CCNCC2)Cc2cccc(Cl)c2)cc1. The third-order valence-corrected chi connectivity index (χ3v) is 7.08. The molecular formula is C21H26ClN3O4S. The molecule has 162 valence electrons. The summed E-state index contributed by atoms with van der Waals surface area (Å²) < 4.78 is 33.1. The summed E-state index contributed by atoms with van der Waals surface area (Å²) in [5.74, 6) is 0.529. The maximum Gasteiger partial charge on any atom is 0.243 e. The van der Waals surface area contributed by atoms with Gasteiger partial charge in [0.1, 0.15) is 5.75 Å². The molecule has 2 aromatic carbocycles. The summed E-state index contributed by atoms with van der Waals surface area (Å²) in [5, 5.41) is 3.74. The van der Waals surface area contributed by atoms with E-state index in [0.29, 0.717) is 23.9 Å². The number of rotatable bonds is 8. The molecule has 1 fully saturated rings. The fourth-order valence-electron chi connectivity index (χ4n) is 3.31. The van der Waals surface area contributed by atoms with Gasteiger partial charge in [-0.25, -0.2) is 8.42 Å². The van der Waals surface area contributed by atoms with Gasteiger partial charge in [-0.05, 0) is 42.0 Å². The number of carbonyl (C=O) groups excluding carboxylic acids is 1. The first kappa shape index (κ1) is 22.6. The predicted molar refractivity (Wildman–Crippen MR) is 116 cm³/mol. The second-order valence-corrected chi connectivity index (χ2v) is 9.40. The highest BCUT2D eigenvalue weighted by Crippen LogP contribution is 2.22. The predicted octanol–water partition coefficient (Wildman–Crippen LogP) is 2.36. The van der Waals surface area contributed by atoms with Crippen LogP contribution in [0.1, 0.15) is 12.0 Å². The molecule has 3 rings (SSSR count). The molecule has 0 radical (unpaired) electrons. The zero-order valence-corrected chi connectivity index (χ0v) is 18.5. The molecule has 0 spiro atoms. The lowest BCUT2D eigenvalue weighted by molar-refractivity contribution is -0.131. The molecule has 1 aliphatic rings. The van der Waals surface area contributed by atoms with E-state index in [9.17, 15) is 13.2 Å². The van der Waals surface area contributed by atoms with Crippen LogP contribution in [0.3, 0.4) is 0 Å². The van der Waals surface area contributed by atoms with Gasteiger partial charge in [0, 0.05) is 50.7 Å². The highest BCUT2D eigenvalue weighted by Gasteiger charge is 2.26. The van der Waals surface area contributed by atoms with Crippen LogP contribution in [0.15, 0.2) is 53.4 Å². The van der Waals surface area contributed by atoms with Crippen molar-refractivity contribution in [3.63, 3.8) is 0 Å². The molecule has 7 nitrogen and oxygen atoms in total. The van der Waals surface area contributed by atoms with Crippen molar-refractivity contribution in [2.75, 3.05) is 39.8 Å². The Balaban J connectivity index is 1.81. The van der Waals surface area contributed by atoms with Crippen molar-refractivity contribution in [1.82, 2.24) is 14.5 Å². The summed E-state index contributed by atoms with van der Waals surface area (Å²) >= 11 is 6.07. The largest absolute Gasteiger partial charge is 0.497 e. The average molecular weight is 452 g/mol. The minimum atomic E-state index is -3.81. The van der Waals surface area contributed by atoms with E-state index in [1.165, 1.54) is 23.5 Å². The lowest BCUT2D eigenvalue weighted by Crippen LogP contribution is -2.47. The van der Waals surface area contributed by atoms with Gasteiger partial charge in [-0.2, -0.15) is 4.31 Å². The van der Waals surface area contributed by atoms with Crippen LogP contribution >= 0.6 is 11.6 Å². The lowest BCUT2D eigenvalue weighted by atomic mass is 10.2. The van der Waals surface area contributed by atoms with Crippen LogP contribution in [0.4, 0.5) is 0 Å². The fourth-order valence-corrected chi connectivity index (χ4v) is 4.95. The number of hydrogen-bond donors (Lipinski definition) is 1. The van der Waals surface area contributed by atoms with Crippen molar-refractivity contribution in [3.05, 3.63) is 59.1 Å². The molecule has 0 unspecified atom stereocenters. The molecular weight excluding hydrogens is 426 g/mol. The van der Waals surface area contributed by atoms with Gasteiger partial charge in [0.25, 0.3) is 0 Å². The topological polar surface area (TPSA) is 79.0 Å². The Bertz CT molecular complexity index is 960. The van der Waals surface area contributed by atoms with E-state index in [4.69, 9.17) is 16.3 Å². The number of sulfonamides is 1. The molecule has 0 atom stereocenters. The van der Waals surface area contributed by atoms with Gasteiger partial charge in [0.15, 0.2) is 0 Å². The Morgan fingerprint density at radius 3 is 2.50 bits per heavy atom. The van der Waals surface area contributed by atoms with Gasteiger partial charge in [-0.15, -0.1) is 0 Å². The molecule has 1 amide bonds. The van der Waals surface area contributed by atoms with Crippen LogP contribution in [0.25, 0.3) is 0 Å². The Hall–Kier alpha value is -2.13. The lowest BCUT2D eigenvalue weighted by Gasteiger charge is -2.29. The van der Waals surface area contributed by atoms with Gasteiger partial charge in [-0.3, -0.25) is 4.79 Å². The number of methoxy groups -OCH3 is 1. The number of amides is 1. The average Bonchev–Trinajstić information content (AvgIpc) is 2.77. The third-order valence-electron chi connectivity index (χ3n) is 4.99. The molecule has 0 saturated carbocycles. The first-order chi connectivity index (χ1) is 14.4. The molecule has 2 aromatic rings. The summed E-state index contributed by atoms with van der Waals surface area (Å²) in [5.41, 5.74) is 0.759. The number of halogens is 1. The van der Waals surface area contributed by atoms with E-state index < -0.39 is 10.0 Å². The summed E-state index contributed by atoms with van der Waals surface area (Å²) in [6.45, 7) is 2.99. The van der Waals surface area contributed by atoms with Crippen LogP contribution in [-0.2, 0) is 21.4 Å². The van der Waals surface area contributed by atoms with E-state index in [-0.39, 0.29) is 30.3 Å². The molecule has 1 N–H and O–H groups in total. The van der Waals surface area contributed by atoms with Crippen molar-refractivity contribution in [2.45, 2.75) is 17.9 Å². The highest BCUT2D eigenvalue weighted by molar-refractivity contribution is 7.89. The maximum atomic E-state index is 13.3. The molecule has 30 heavy (non-hydrogen) atoms. The number of carbonyl (C=O) groups is 1. The smallest absolute Gasteiger partial charge is 0.243 e. The summed E-state index contributed by atoms with van der Waals surface area (Å²) in [4.78, 5) is 14.5. The number of nitrogens with zero attached hydrogens (tertiary/aromatic N) is 2. The zero-order valence-electron chi connectivity index (χ0n) is 16.9. The minimum absolute atomic E-state index is 0.0440. The van der Waals surface area contributed by atoms with Gasteiger partial charge in [0.2, 0.25) is 15.9 Å². The summed E-state index contributed by atoms with van der Waals surface area (Å²) in [6.07, 6.45) is 0.121. The van der Waals surface area contributed by atoms with Crippen molar-refractivity contribution < 1.29 is 17.9 Å². The second kappa shape index (κ2) is 10.3. The summed E-state index contributed by atoms with van der Waals surface area (Å²) in [7, 11) is -2.29. The van der Waals surface area contributed by atoms with E-state index in [0.717, 1.165) is 18.7 Å². The van der Waals surface area contributed by atoms with E-state index in [2.05, 4.69) is 5.32 Å². The summed E-state index contributed by atoms with van der Waals surface area (Å²) in [6, 6.07) is 13.3. The molecule has 0 aromatic heterocycles. The first-order valence-corrected chi connectivity index (χ1v) is 11.6. The molecule has 9 heteroatoms. The van der Waals surface area contributed by atoms with Crippen LogP contribution in [0.2, 0.25) is 5.02 Å².